The van der Waals surface area contributed by atoms with Crippen molar-refractivity contribution in [2.45, 2.75) is 72.7 Å². The van der Waals surface area contributed by atoms with Crippen LogP contribution in [0.4, 0.5) is 0 Å². The quantitative estimate of drug-likeness (QED) is 0.365. The monoisotopic (exact) mass is 649 g/mol. The first-order chi connectivity index (χ1) is 14.7. The molecule has 32 heavy (non-hydrogen) atoms. The Hall–Kier alpha value is -0.0200. The van der Waals surface area contributed by atoms with Crippen LogP contribution in [0.5, 0.6) is 0 Å². The Bertz CT molecular complexity index is 876. The maximum atomic E-state index is 2.60. The van der Waals surface area contributed by atoms with Crippen molar-refractivity contribution in [2.24, 2.45) is 0 Å². The Morgan fingerprint density at radius 2 is 1.06 bits per heavy atom. The second-order valence-electron chi connectivity index (χ2n) is 9.08. The largest absolute Gasteiger partial charge is 1.00 e. The summed E-state index contributed by atoms with van der Waals surface area (Å²) in [5.74, 6) is -0.743. The van der Waals surface area contributed by atoms with Crippen LogP contribution in [-0.2, 0) is 20.9 Å². The van der Waals surface area contributed by atoms with E-state index in [1.807, 2.05) is 0 Å². The molecule has 2 aliphatic rings. The summed E-state index contributed by atoms with van der Waals surface area (Å²) in [7, 11) is 0. The Morgan fingerprint density at radius 1 is 0.656 bits per heavy atom. The molecular formula is C28H37Br2SiZr. The summed E-state index contributed by atoms with van der Waals surface area (Å²) >= 11 is -1.89. The van der Waals surface area contributed by atoms with Gasteiger partial charge in [0, 0.05) is 0 Å². The second kappa shape index (κ2) is 13.2. The standard InChI is InChI=1S/2C12H13.C4H11Si.2BrH.Zr/c2*1-2-5-10-8-11-6-3-4-7-12(11)9-10;1-3-5-4-2;;;/h2*3-4,6-9H,2,5H2,1H3;5H,3-4H2,1-2H3;2*1H;/q;;;;;+2/p-2. The van der Waals surface area contributed by atoms with Crippen molar-refractivity contribution in [1.29, 1.82) is 0 Å². The van der Waals surface area contributed by atoms with Crippen molar-refractivity contribution in [3.8, 4) is 0 Å². The van der Waals surface area contributed by atoms with Gasteiger partial charge in [0.2, 0.25) is 0 Å². The third-order valence-electron chi connectivity index (χ3n) is 7.24. The fraction of sp³-hybridized carbons (Fsp3) is 0.429. The average Bonchev–Trinajstić information content (AvgIpc) is 3.30. The zero-order valence-electron chi connectivity index (χ0n) is 20.0. The van der Waals surface area contributed by atoms with E-state index in [2.05, 4.69) is 88.4 Å². The van der Waals surface area contributed by atoms with E-state index < -0.39 is 26.8 Å². The van der Waals surface area contributed by atoms with Gasteiger partial charge in [-0.05, 0) is 0 Å². The minimum atomic E-state index is -1.89. The number of benzene rings is 2. The van der Waals surface area contributed by atoms with Crippen LogP contribution in [0.1, 0.15) is 82.9 Å². The molecule has 2 aliphatic carbocycles. The van der Waals surface area contributed by atoms with Crippen LogP contribution in [0.3, 0.4) is 0 Å². The van der Waals surface area contributed by atoms with Crippen molar-refractivity contribution in [3.05, 3.63) is 81.9 Å². The normalized spacial score (nSPS) is 18.3. The SMILES string of the molecule is CCCC1=Cc2ccccc2[CH]1[Zr+2]([CH]1C(CCC)=Cc2ccccc21)[SiH](CC)CC.[Br-].[Br-]. The zero-order chi connectivity index (χ0) is 21.1. The number of hydrogen-bond acceptors (Lipinski definition) is 0. The number of hydrogen-bond donors (Lipinski definition) is 0. The fourth-order valence-corrected chi connectivity index (χ4v) is 34.1. The second-order valence-corrected chi connectivity index (χ2v) is 27.4. The molecule has 0 saturated heterocycles. The molecular weight excluding hydrogens is 615 g/mol. The van der Waals surface area contributed by atoms with Gasteiger partial charge in [0.1, 0.15) is 0 Å². The first-order valence-corrected chi connectivity index (χ1v) is 21.5. The van der Waals surface area contributed by atoms with Gasteiger partial charge in [-0.3, -0.25) is 0 Å². The van der Waals surface area contributed by atoms with E-state index >= 15 is 0 Å². The molecule has 0 radical (unpaired) electrons. The average molecular weight is 653 g/mol. The van der Waals surface area contributed by atoms with E-state index in [0.717, 1.165) is 7.25 Å². The third kappa shape index (κ3) is 5.45. The summed E-state index contributed by atoms with van der Waals surface area (Å²) in [5, 5.41) is 0. The maximum Gasteiger partial charge on any atom is -1.00 e. The minimum Gasteiger partial charge on any atom is -1.00 e. The summed E-state index contributed by atoms with van der Waals surface area (Å²) in [6.07, 6.45) is 10.3. The molecule has 2 atom stereocenters. The molecule has 0 bridgehead atoms. The van der Waals surface area contributed by atoms with Gasteiger partial charge in [0.25, 0.3) is 0 Å². The summed E-state index contributed by atoms with van der Waals surface area (Å²) in [6, 6.07) is 21.8. The molecule has 2 aromatic carbocycles. The molecule has 0 N–H and O–H groups in total. The molecule has 4 rings (SSSR count). The van der Waals surface area contributed by atoms with Crippen molar-refractivity contribution < 1.29 is 54.9 Å². The number of halogens is 2. The Kier molecular flexibility index (Phi) is 11.6. The maximum absolute atomic E-state index is 2.60. The van der Waals surface area contributed by atoms with E-state index in [-0.39, 0.29) is 34.0 Å². The summed E-state index contributed by atoms with van der Waals surface area (Å²) in [6.45, 7) is 9.78. The molecule has 2 aromatic rings. The van der Waals surface area contributed by atoms with Gasteiger partial charge < -0.3 is 34.0 Å². The van der Waals surface area contributed by atoms with Crippen LogP contribution < -0.4 is 34.0 Å². The molecule has 0 amide bonds. The van der Waals surface area contributed by atoms with E-state index in [1.165, 1.54) is 48.9 Å². The van der Waals surface area contributed by atoms with Crippen LogP contribution in [0, 0.1) is 0 Å². The minimum absolute atomic E-state index is 0. The fourth-order valence-electron chi connectivity index (χ4n) is 5.97. The predicted molar refractivity (Wildman–Crippen MR) is 132 cm³/mol. The van der Waals surface area contributed by atoms with E-state index in [0.29, 0.717) is 0 Å². The molecule has 0 saturated carbocycles. The molecule has 0 aliphatic heterocycles. The smallest absolute Gasteiger partial charge is 1.00 e. The van der Waals surface area contributed by atoms with Crippen LogP contribution in [-0.4, -0.2) is 5.92 Å². The Labute approximate surface area is 225 Å². The third-order valence-corrected chi connectivity index (χ3v) is 33.7. The summed E-state index contributed by atoms with van der Waals surface area (Å²) < 4.78 is 1.63. The van der Waals surface area contributed by atoms with Gasteiger partial charge in [0.15, 0.2) is 0 Å². The van der Waals surface area contributed by atoms with Gasteiger partial charge in [-0.1, -0.05) is 0 Å². The molecule has 0 fully saturated rings. The summed E-state index contributed by atoms with van der Waals surface area (Å²) in [5.41, 5.74) is 10.1. The van der Waals surface area contributed by atoms with Crippen LogP contribution in [0.2, 0.25) is 12.1 Å². The van der Waals surface area contributed by atoms with Gasteiger partial charge in [-0.15, -0.1) is 0 Å². The molecule has 2 unspecified atom stereocenters. The Morgan fingerprint density at radius 3 is 1.44 bits per heavy atom. The number of allylic oxidation sites excluding steroid dienone is 2. The van der Waals surface area contributed by atoms with Gasteiger partial charge >= 0.3 is 194 Å². The first-order valence-electron chi connectivity index (χ1n) is 12.2. The first kappa shape index (κ1) is 28.2. The van der Waals surface area contributed by atoms with Crippen molar-refractivity contribution >= 4 is 18.1 Å². The molecule has 4 heteroatoms. The van der Waals surface area contributed by atoms with Crippen molar-refractivity contribution in [2.75, 3.05) is 0 Å². The van der Waals surface area contributed by atoms with Crippen molar-refractivity contribution in [3.63, 3.8) is 0 Å². The molecule has 171 valence electrons. The van der Waals surface area contributed by atoms with E-state index in [4.69, 9.17) is 0 Å². The molecule has 0 aromatic heterocycles. The number of fused-ring (bicyclic) bond motifs is 2. The van der Waals surface area contributed by atoms with Crippen LogP contribution >= 0.6 is 0 Å². The Balaban J connectivity index is 0.00000181. The van der Waals surface area contributed by atoms with Crippen molar-refractivity contribution in [1.82, 2.24) is 0 Å². The van der Waals surface area contributed by atoms with Crippen LogP contribution in [0.15, 0.2) is 59.7 Å². The number of rotatable bonds is 9. The molecule has 0 heterocycles. The predicted octanol–water partition coefficient (Wildman–Crippen LogP) is 2.25. The van der Waals surface area contributed by atoms with Gasteiger partial charge in [-0.2, -0.15) is 0 Å². The van der Waals surface area contributed by atoms with E-state index in [9.17, 15) is 0 Å². The molecule has 0 spiro atoms. The zero-order valence-corrected chi connectivity index (χ0v) is 26.8. The summed E-state index contributed by atoms with van der Waals surface area (Å²) in [4.78, 5) is 0. The van der Waals surface area contributed by atoms with Gasteiger partial charge in [0.05, 0.1) is 0 Å². The van der Waals surface area contributed by atoms with E-state index in [1.54, 1.807) is 22.3 Å². The topological polar surface area (TPSA) is 0 Å². The van der Waals surface area contributed by atoms with Gasteiger partial charge in [-0.25, -0.2) is 0 Å². The molecule has 0 nitrogen and oxygen atoms in total. The van der Waals surface area contributed by atoms with Crippen LogP contribution in [0.25, 0.3) is 12.2 Å².